The van der Waals surface area contributed by atoms with Gasteiger partial charge in [-0.15, -0.1) is 10.2 Å². The number of nitrogens with one attached hydrogen (secondary N) is 1. The fourth-order valence-electron chi connectivity index (χ4n) is 2.31. The van der Waals surface area contributed by atoms with Crippen molar-refractivity contribution in [1.29, 1.82) is 0 Å². The molecule has 3 aromatic rings. The Labute approximate surface area is 164 Å². The summed E-state index contributed by atoms with van der Waals surface area (Å²) in [7, 11) is 0. The van der Waals surface area contributed by atoms with E-state index in [0.29, 0.717) is 11.3 Å². The van der Waals surface area contributed by atoms with E-state index in [9.17, 15) is 20.2 Å². The summed E-state index contributed by atoms with van der Waals surface area (Å²) in [6.45, 7) is 0. The van der Waals surface area contributed by atoms with Gasteiger partial charge in [0.15, 0.2) is 0 Å². The second-order valence-electron chi connectivity index (χ2n) is 5.70. The largest absolute Gasteiger partial charge is 0.276 e. The van der Waals surface area contributed by atoms with Gasteiger partial charge in [0.25, 0.3) is 11.4 Å². The molecule has 0 fully saturated rings. The molecule has 29 heavy (non-hydrogen) atoms. The smallest absolute Gasteiger partial charge is 0.271 e. The van der Waals surface area contributed by atoms with Gasteiger partial charge in [0.05, 0.1) is 21.2 Å². The average Bonchev–Trinajstić information content (AvgIpc) is 2.74. The van der Waals surface area contributed by atoms with Gasteiger partial charge in [-0.25, -0.2) is 0 Å². The van der Waals surface area contributed by atoms with E-state index in [1.54, 1.807) is 36.4 Å². The van der Waals surface area contributed by atoms with Crippen LogP contribution < -0.4 is 5.43 Å². The van der Waals surface area contributed by atoms with Gasteiger partial charge in [-0.05, 0) is 12.1 Å². The monoisotopic (exact) mass is 390 g/mol. The Morgan fingerprint density at radius 3 is 2.14 bits per heavy atom. The molecular formula is C19H14N6O4. The van der Waals surface area contributed by atoms with Crippen molar-refractivity contribution in [2.45, 2.75) is 0 Å². The predicted octanol–water partition coefficient (Wildman–Crippen LogP) is 5.06. The van der Waals surface area contributed by atoms with Crippen LogP contribution in [0.25, 0.3) is 0 Å². The summed E-state index contributed by atoms with van der Waals surface area (Å²) in [4.78, 5) is 20.8. The highest BCUT2D eigenvalue weighted by Crippen LogP contribution is 2.21. The standard InChI is InChI=1S/C19H14N6O4/c26-24(27)17-10-4-8-15(12-17)20-22-19(14-6-2-1-3-7-14)23-21-16-9-5-11-18(13-16)25(28)29/h1-13,20H. The Balaban J connectivity index is 1.90. The quantitative estimate of drug-likeness (QED) is 0.206. The molecule has 0 heterocycles. The molecule has 0 bridgehead atoms. The van der Waals surface area contributed by atoms with Crippen LogP contribution in [0.1, 0.15) is 5.56 Å². The number of anilines is 1. The molecular weight excluding hydrogens is 376 g/mol. The van der Waals surface area contributed by atoms with E-state index in [1.807, 2.05) is 6.07 Å². The third kappa shape index (κ3) is 5.26. The first-order chi connectivity index (χ1) is 14.0. The molecule has 10 heteroatoms. The van der Waals surface area contributed by atoms with Gasteiger partial charge < -0.3 is 0 Å². The summed E-state index contributed by atoms with van der Waals surface area (Å²) < 4.78 is 0. The molecule has 3 aromatic carbocycles. The Kier molecular flexibility index (Phi) is 5.96. The number of rotatable bonds is 6. The van der Waals surface area contributed by atoms with E-state index in [0.717, 1.165) is 0 Å². The Bertz CT molecular complexity index is 1100. The first-order valence-electron chi connectivity index (χ1n) is 8.33. The molecule has 10 nitrogen and oxygen atoms in total. The van der Waals surface area contributed by atoms with Gasteiger partial charge >= 0.3 is 0 Å². The van der Waals surface area contributed by atoms with Gasteiger partial charge in [-0.2, -0.15) is 5.10 Å². The number of nitrogens with zero attached hydrogens (tertiary/aromatic N) is 5. The van der Waals surface area contributed by atoms with E-state index in [1.165, 1.54) is 36.4 Å². The molecule has 0 unspecified atom stereocenters. The van der Waals surface area contributed by atoms with Crippen LogP contribution in [-0.4, -0.2) is 15.7 Å². The molecule has 0 atom stereocenters. The highest BCUT2D eigenvalue weighted by Gasteiger charge is 2.08. The fourth-order valence-corrected chi connectivity index (χ4v) is 2.31. The van der Waals surface area contributed by atoms with E-state index in [2.05, 4.69) is 20.8 Å². The maximum Gasteiger partial charge on any atom is 0.271 e. The lowest BCUT2D eigenvalue weighted by atomic mass is 10.2. The number of hydrogen-bond acceptors (Lipinski definition) is 7. The van der Waals surface area contributed by atoms with Crippen molar-refractivity contribution in [2.75, 3.05) is 5.43 Å². The van der Waals surface area contributed by atoms with Crippen LogP contribution in [0.4, 0.5) is 22.7 Å². The molecule has 0 aromatic heterocycles. The third-order valence-corrected chi connectivity index (χ3v) is 3.68. The Hall–Kier alpha value is -4.47. The summed E-state index contributed by atoms with van der Waals surface area (Å²) in [5, 5.41) is 34.1. The summed E-state index contributed by atoms with van der Waals surface area (Å²) in [6, 6.07) is 20.5. The van der Waals surface area contributed by atoms with E-state index in [-0.39, 0.29) is 22.9 Å². The third-order valence-electron chi connectivity index (χ3n) is 3.68. The zero-order valence-corrected chi connectivity index (χ0v) is 14.9. The highest BCUT2D eigenvalue weighted by molar-refractivity contribution is 5.99. The zero-order valence-electron chi connectivity index (χ0n) is 14.9. The minimum Gasteiger partial charge on any atom is -0.276 e. The molecule has 0 aliphatic heterocycles. The summed E-state index contributed by atoms with van der Waals surface area (Å²) >= 11 is 0. The topological polar surface area (TPSA) is 135 Å². The molecule has 0 saturated carbocycles. The average molecular weight is 390 g/mol. The first kappa shape index (κ1) is 19.3. The SMILES string of the molecule is O=[N+]([O-])c1cccc(N=NC(=NNc2cccc([N+](=O)[O-])c2)c2ccccc2)c1. The lowest BCUT2D eigenvalue weighted by Gasteiger charge is -2.03. The van der Waals surface area contributed by atoms with Crippen LogP contribution in [0.3, 0.4) is 0 Å². The number of nitro benzene ring substituents is 2. The number of benzene rings is 3. The molecule has 1 N–H and O–H groups in total. The molecule has 0 saturated heterocycles. The lowest BCUT2D eigenvalue weighted by Crippen LogP contribution is -2.01. The van der Waals surface area contributed by atoms with Crippen molar-refractivity contribution in [3.05, 3.63) is 105 Å². The van der Waals surface area contributed by atoms with Gasteiger partial charge in [-0.3, -0.25) is 25.7 Å². The molecule has 0 radical (unpaired) electrons. The second kappa shape index (κ2) is 8.95. The normalized spacial score (nSPS) is 11.4. The van der Waals surface area contributed by atoms with Gasteiger partial charge in [0.1, 0.15) is 0 Å². The van der Waals surface area contributed by atoms with Crippen LogP contribution in [-0.2, 0) is 0 Å². The Morgan fingerprint density at radius 2 is 1.45 bits per heavy atom. The predicted molar refractivity (Wildman–Crippen MR) is 107 cm³/mol. The van der Waals surface area contributed by atoms with Crippen LogP contribution in [0.2, 0.25) is 0 Å². The number of hydrazone groups is 1. The van der Waals surface area contributed by atoms with E-state index < -0.39 is 9.85 Å². The van der Waals surface area contributed by atoms with Crippen molar-refractivity contribution in [3.63, 3.8) is 0 Å². The van der Waals surface area contributed by atoms with E-state index in [4.69, 9.17) is 0 Å². The molecule has 0 aliphatic carbocycles. The summed E-state index contributed by atoms with van der Waals surface area (Å²) in [5.74, 6) is 0.198. The minimum absolute atomic E-state index is 0.0790. The van der Waals surface area contributed by atoms with Crippen molar-refractivity contribution in [2.24, 2.45) is 15.3 Å². The van der Waals surface area contributed by atoms with E-state index >= 15 is 0 Å². The van der Waals surface area contributed by atoms with Crippen molar-refractivity contribution in [1.82, 2.24) is 0 Å². The Morgan fingerprint density at radius 1 is 0.793 bits per heavy atom. The van der Waals surface area contributed by atoms with Gasteiger partial charge in [0.2, 0.25) is 5.84 Å². The van der Waals surface area contributed by atoms with Crippen LogP contribution >= 0.6 is 0 Å². The van der Waals surface area contributed by atoms with Gasteiger partial charge in [0, 0.05) is 29.8 Å². The first-order valence-corrected chi connectivity index (χ1v) is 8.33. The molecule has 0 spiro atoms. The summed E-state index contributed by atoms with van der Waals surface area (Å²) in [6.07, 6.45) is 0. The van der Waals surface area contributed by atoms with Crippen LogP contribution in [0, 0.1) is 20.2 Å². The number of non-ortho nitro benzene ring substituents is 2. The number of azo groups is 1. The minimum atomic E-state index is -0.519. The summed E-state index contributed by atoms with van der Waals surface area (Å²) in [5.41, 5.74) is 3.87. The number of nitro groups is 2. The molecule has 0 aliphatic rings. The van der Waals surface area contributed by atoms with Crippen molar-refractivity contribution < 1.29 is 9.85 Å². The maximum atomic E-state index is 10.9. The van der Waals surface area contributed by atoms with Crippen LogP contribution in [0.5, 0.6) is 0 Å². The molecule has 0 amide bonds. The molecule has 3 rings (SSSR count). The van der Waals surface area contributed by atoms with Crippen LogP contribution in [0.15, 0.2) is 94.2 Å². The highest BCUT2D eigenvalue weighted by atomic mass is 16.6. The number of amidine groups is 1. The maximum absolute atomic E-state index is 10.9. The zero-order chi connectivity index (χ0) is 20.6. The lowest BCUT2D eigenvalue weighted by molar-refractivity contribution is -0.385. The number of hydrogen-bond donors (Lipinski definition) is 1. The second-order valence-corrected chi connectivity index (χ2v) is 5.70. The fraction of sp³-hybridized carbons (Fsp3) is 0. The van der Waals surface area contributed by atoms with Gasteiger partial charge in [-0.1, -0.05) is 42.5 Å². The molecule has 144 valence electrons. The van der Waals surface area contributed by atoms with Crippen molar-refractivity contribution in [3.8, 4) is 0 Å². The van der Waals surface area contributed by atoms with Crippen molar-refractivity contribution >= 4 is 28.6 Å².